The van der Waals surface area contributed by atoms with Gasteiger partial charge in [-0.25, -0.2) is 0 Å². The summed E-state index contributed by atoms with van der Waals surface area (Å²) in [5.74, 6) is 0. The lowest BCUT2D eigenvalue weighted by Gasteiger charge is -2.09. The number of pyridine rings is 1. The number of aromatic nitrogens is 1. The highest BCUT2D eigenvalue weighted by Crippen LogP contribution is 2.10. The summed E-state index contributed by atoms with van der Waals surface area (Å²) in [5.41, 5.74) is 5.88. The summed E-state index contributed by atoms with van der Waals surface area (Å²) in [4.78, 5) is 13.7. The van der Waals surface area contributed by atoms with Crippen LogP contribution >= 0.6 is 11.6 Å². The number of nitrogens with one attached hydrogen (secondary N) is 1. The van der Waals surface area contributed by atoms with Crippen molar-refractivity contribution in [3.05, 3.63) is 33.2 Å². The van der Waals surface area contributed by atoms with Gasteiger partial charge in [-0.3, -0.25) is 4.79 Å². The fraction of sp³-hybridized carbons (Fsp3) is 0.375. The number of rotatable bonds is 3. The maximum absolute atomic E-state index is 11.2. The Hall–Kier alpha value is -0.840. The van der Waals surface area contributed by atoms with Crippen molar-refractivity contribution < 1.29 is 4.74 Å². The minimum Gasteiger partial charge on any atom is -0.383 e. The Morgan fingerprint density at radius 3 is 3.08 bits per heavy atom. The third-order valence-electron chi connectivity index (χ3n) is 1.64. The van der Waals surface area contributed by atoms with Crippen molar-refractivity contribution in [2.45, 2.75) is 6.04 Å². The fourth-order valence-electron chi connectivity index (χ4n) is 1.02. The Labute approximate surface area is 80.7 Å². The summed E-state index contributed by atoms with van der Waals surface area (Å²) < 4.78 is 4.83. The van der Waals surface area contributed by atoms with E-state index < -0.39 is 6.04 Å². The van der Waals surface area contributed by atoms with E-state index in [1.807, 2.05) is 0 Å². The molecule has 1 atom stereocenters. The van der Waals surface area contributed by atoms with E-state index in [2.05, 4.69) is 4.98 Å². The zero-order chi connectivity index (χ0) is 9.84. The lowest BCUT2D eigenvalue weighted by atomic mass is 10.1. The maximum Gasteiger partial charge on any atom is 0.252 e. The monoisotopic (exact) mass is 202 g/mol. The van der Waals surface area contributed by atoms with Gasteiger partial charge in [0.25, 0.3) is 5.56 Å². The van der Waals surface area contributed by atoms with Crippen LogP contribution < -0.4 is 11.3 Å². The number of aromatic amines is 1. The molecule has 13 heavy (non-hydrogen) atoms. The van der Waals surface area contributed by atoms with Gasteiger partial charge in [0.2, 0.25) is 0 Å². The molecule has 4 nitrogen and oxygen atoms in total. The minimum absolute atomic E-state index is 0.228. The second kappa shape index (κ2) is 4.41. The molecule has 1 aromatic heterocycles. The van der Waals surface area contributed by atoms with Crippen LogP contribution in [-0.2, 0) is 4.74 Å². The summed E-state index contributed by atoms with van der Waals surface area (Å²) in [6.07, 6.45) is 1.42. The highest BCUT2D eigenvalue weighted by atomic mass is 35.5. The van der Waals surface area contributed by atoms with E-state index in [1.165, 1.54) is 13.3 Å². The van der Waals surface area contributed by atoms with E-state index in [4.69, 9.17) is 22.1 Å². The smallest absolute Gasteiger partial charge is 0.252 e. The van der Waals surface area contributed by atoms with Crippen molar-refractivity contribution in [3.63, 3.8) is 0 Å². The molecule has 0 aromatic carbocycles. The molecule has 1 rings (SSSR count). The number of hydrogen-bond donors (Lipinski definition) is 2. The van der Waals surface area contributed by atoms with E-state index in [9.17, 15) is 4.79 Å². The van der Waals surface area contributed by atoms with Crippen molar-refractivity contribution in [1.29, 1.82) is 0 Å². The highest BCUT2D eigenvalue weighted by molar-refractivity contribution is 6.30. The van der Waals surface area contributed by atoms with Crippen molar-refractivity contribution in [2.75, 3.05) is 13.7 Å². The first-order valence-corrected chi connectivity index (χ1v) is 4.15. The molecule has 0 saturated heterocycles. The van der Waals surface area contributed by atoms with Crippen LogP contribution in [0.4, 0.5) is 0 Å². The molecule has 0 bridgehead atoms. The molecule has 0 unspecified atom stereocenters. The predicted molar refractivity (Wildman–Crippen MR) is 50.9 cm³/mol. The average molecular weight is 203 g/mol. The molecule has 0 aliphatic heterocycles. The number of hydrogen-bond acceptors (Lipinski definition) is 3. The summed E-state index contributed by atoms with van der Waals surface area (Å²) >= 11 is 5.69. The van der Waals surface area contributed by atoms with Crippen LogP contribution in [0.15, 0.2) is 17.1 Å². The van der Waals surface area contributed by atoms with Gasteiger partial charge in [-0.2, -0.15) is 0 Å². The topological polar surface area (TPSA) is 68.1 Å². The van der Waals surface area contributed by atoms with Crippen LogP contribution in [0.5, 0.6) is 0 Å². The Bertz CT molecular complexity index is 337. The fourth-order valence-corrected chi connectivity index (χ4v) is 1.19. The molecular formula is C8H11ClN2O2. The quantitative estimate of drug-likeness (QED) is 0.757. The van der Waals surface area contributed by atoms with Gasteiger partial charge in [0.05, 0.1) is 17.7 Å². The van der Waals surface area contributed by atoms with E-state index in [1.54, 1.807) is 6.07 Å². The largest absolute Gasteiger partial charge is 0.383 e. The van der Waals surface area contributed by atoms with Gasteiger partial charge in [-0.1, -0.05) is 11.6 Å². The lowest BCUT2D eigenvalue weighted by Crippen LogP contribution is -2.24. The number of H-pyrrole nitrogens is 1. The van der Waals surface area contributed by atoms with Gasteiger partial charge < -0.3 is 15.5 Å². The molecule has 0 aliphatic rings. The van der Waals surface area contributed by atoms with Crippen molar-refractivity contribution in [3.8, 4) is 0 Å². The van der Waals surface area contributed by atoms with E-state index in [0.29, 0.717) is 17.2 Å². The number of ether oxygens (including phenoxy) is 1. The Kier molecular flexibility index (Phi) is 3.48. The Balaban J connectivity index is 2.99. The SMILES string of the molecule is COC[C@H](N)c1cc(Cl)c[nH]c1=O. The van der Waals surface area contributed by atoms with Crippen LogP contribution in [0.1, 0.15) is 11.6 Å². The zero-order valence-corrected chi connectivity index (χ0v) is 7.97. The summed E-state index contributed by atoms with van der Waals surface area (Å²) in [6, 6.07) is 1.11. The molecule has 0 fully saturated rings. The summed E-state index contributed by atoms with van der Waals surface area (Å²) in [6.45, 7) is 0.295. The molecule has 0 spiro atoms. The predicted octanol–water partition coefficient (Wildman–Crippen LogP) is 0.675. The van der Waals surface area contributed by atoms with Crippen molar-refractivity contribution in [1.82, 2.24) is 4.98 Å². The van der Waals surface area contributed by atoms with Crippen LogP contribution in [-0.4, -0.2) is 18.7 Å². The first-order valence-electron chi connectivity index (χ1n) is 3.77. The summed E-state index contributed by atoms with van der Waals surface area (Å²) in [5, 5.41) is 0.459. The number of methoxy groups -OCH3 is 1. The van der Waals surface area contributed by atoms with E-state index >= 15 is 0 Å². The van der Waals surface area contributed by atoms with Crippen molar-refractivity contribution >= 4 is 11.6 Å². The van der Waals surface area contributed by atoms with Gasteiger partial charge in [0, 0.05) is 18.9 Å². The van der Waals surface area contributed by atoms with Crippen LogP contribution in [0.25, 0.3) is 0 Å². The molecule has 1 aromatic rings. The first kappa shape index (κ1) is 10.2. The third-order valence-corrected chi connectivity index (χ3v) is 1.86. The highest BCUT2D eigenvalue weighted by Gasteiger charge is 2.09. The van der Waals surface area contributed by atoms with Gasteiger partial charge in [0.15, 0.2) is 0 Å². The van der Waals surface area contributed by atoms with Crippen molar-refractivity contribution in [2.24, 2.45) is 5.73 Å². The minimum atomic E-state index is -0.438. The average Bonchev–Trinajstić information content (AvgIpc) is 2.09. The number of nitrogens with two attached hydrogens (primary N) is 1. The van der Waals surface area contributed by atoms with Crippen LogP contribution in [0, 0.1) is 0 Å². The molecule has 0 aliphatic carbocycles. The van der Waals surface area contributed by atoms with Crippen LogP contribution in [0.3, 0.4) is 0 Å². The number of halogens is 1. The lowest BCUT2D eigenvalue weighted by molar-refractivity contribution is 0.180. The second-order valence-electron chi connectivity index (χ2n) is 2.66. The third kappa shape index (κ3) is 2.55. The maximum atomic E-state index is 11.2. The molecule has 72 valence electrons. The Morgan fingerprint density at radius 2 is 2.46 bits per heavy atom. The molecule has 0 radical (unpaired) electrons. The summed E-state index contributed by atoms with van der Waals surface area (Å²) in [7, 11) is 1.53. The molecular weight excluding hydrogens is 192 g/mol. The molecule has 0 saturated carbocycles. The second-order valence-corrected chi connectivity index (χ2v) is 3.10. The van der Waals surface area contributed by atoms with E-state index in [-0.39, 0.29) is 5.56 Å². The molecule has 5 heteroatoms. The van der Waals surface area contributed by atoms with Gasteiger partial charge in [-0.15, -0.1) is 0 Å². The molecule has 0 amide bonds. The first-order chi connectivity index (χ1) is 6.15. The standard InChI is InChI=1S/C8H11ClN2O2/c1-13-4-7(10)6-2-5(9)3-11-8(6)12/h2-3,7H,4,10H2,1H3,(H,11,12)/t7-/m0/s1. The van der Waals surface area contributed by atoms with Crippen LogP contribution in [0.2, 0.25) is 5.02 Å². The van der Waals surface area contributed by atoms with Gasteiger partial charge in [0.1, 0.15) is 0 Å². The molecule has 1 heterocycles. The van der Waals surface area contributed by atoms with Gasteiger partial charge >= 0.3 is 0 Å². The Morgan fingerprint density at radius 1 is 1.77 bits per heavy atom. The molecule has 3 N–H and O–H groups in total. The normalized spacial score (nSPS) is 12.8. The zero-order valence-electron chi connectivity index (χ0n) is 7.21. The van der Waals surface area contributed by atoms with Gasteiger partial charge in [-0.05, 0) is 6.07 Å². The van der Waals surface area contributed by atoms with E-state index in [0.717, 1.165) is 0 Å².